The fourth-order valence-corrected chi connectivity index (χ4v) is 3.56. The van der Waals surface area contributed by atoms with Crippen LogP contribution < -0.4 is 0 Å². The molecule has 3 rings (SSSR count). The van der Waals surface area contributed by atoms with Gasteiger partial charge in [0.05, 0.1) is 11.1 Å². The van der Waals surface area contributed by atoms with Crippen LogP contribution in [-0.4, -0.2) is 0 Å². The van der Waals surface area contributed by atoms with Crippen LogP contribution in [0.5, 0.6) is 0 Å². The third-order valence-electron chi connectivity index (χ3n) is 5.11. The Morgan fingerprint density at radius 3 is 1.69 bits per heavy atom. The van der Waals surface area contributed by atoms with Gasteiger partial charge in [-0.1, -0.05) is 38.8 Å². The molecular weight excluding hydrogens is 552 g/mol. The molecule has 0 heterocycles. The molecule has 3 aromatic carbocycles. The third-order valence-corrected chi connectivity index (χ3v) is 5.11. The molecule has 0 saturated heterocycles. The molecule has 3 aromatic rings. The van der Waals surface area contributed by atoms with Gasteiger partial charge in [-0.05, 0) is 35.6 Å². The van der Waals surface area contributed by atoms with E-state index in [1.165, 1.54) is 0 Å². The zero-order valence-electron chi connectivity index (χ0n) is 17.7. The van der Waals surface area contributed by atoms with Crippen molar-refractivity contribution in [1.82, 2.24) is 0 Å². The Morgan fingerprint density at radius 2 is 1.28 bits per heavy atom. The molecular formula is C23H21Cl2F6Zr-. The second-order valence-electron chi connectivity index (χ2n) is 8.00. The summed E-state index contributed by atoms with van der Waals surface area (Å²) in [6.07, 6.45) is -9.76. The van der Waals surface area contributed by atoms with Gasteiger partial charge in [0.15, 0.2) is 0 Å². The van der Waals surface area contributed by atoms with Crippen molar-refractivity contribution in [1.29, 1.82) is 0 Å². The summed E-state index contributed by atoms with van der Waals surface area (Å²) in [7, 11) is 9.87. The number of rotatable bonds is 3. The summed E-state index contributed by atoms with van der Waals surface area (Å²) in [5.74, 6) is 0.112. The van der Waals surface area contributed by atoms with Crippen molar-refractivity contribution in [2.75, 3.05) is 0 Å². The number of hydrogen-bond acceptors (Lipinski definition) is 0. The summed E-state index contributed by atoms with van der Waals surface area (Å²) < 4.78 is 80.2. The summed E-state index contributed by atoms with van der Waals surface area (Å²) in [6, 6.07) is 9.28. The van der Waals surface area contributed by atoms with Crippen molar-refractivity contribution in [3.8, 4) is 11.1 Å². The van der Waals surface area contributed by atoms with Crippen molar-refractivity contribution >= 4 is 27.8 Å². The number of hydrogen-bond donors (Lipinski definition) is 0. The van der Waals surface area contributed by atoms with E-state index in [0.717, 1.165) is 23.1 Å². The average Bonchev–Trinajstić information content (AvgIpc) is 3.10. The number of fused-ring (bicyclic) bond motifs is 1. The Bertz CT molecular complexity index is 1030. The zero-order chi connectivity index (χ0) is 24.4. The van der Waals surface area contributed by atoms with Gasteiger partial charge in [-0.15, -0.1) is 34.5 Å². The van der Waals surface area contributed by atoms with E-state index < -0.39 is 44.3 Å². The standard InChI is InChI=1S/C23H21F6.2ClH.Zr/c1-12(2)15-7-14-5-6-19(13(3)4)21(20(14)10-15)16-8-17(22(24,25)26)11-18(9-16)23(27,28)29;;;/h5-13H,1-4H3;2*1H;/q-1;;;+2/p-2. The first-order chi connectivity index (χ1) is 14.7. The average molecular weight is 574 g/mol. The molecule has 0 aromatic heterocycles. The fourth-order valence-electron chi connectivity index (χ4n) is 3.56. The van der Waals surface area contributed by atoms with Crippen LogP contribution in [0.15, 0.2) is 42.5 Å². The van der Waals surface area contributed by atoms with Crippen LogP contribution in [0.4, 0.5) is 26.3 Å². The molecule has 9 heteroatoms. The molecule has 174 valence electrons. The van der Waals surface area contributed by atoms with Gasteiger partial charge in [0.25, 0.3) is 0 Å². The van der Waals surface area contributed by atoms with Crippen molar-refractivity contribution < 1.29 is 47.2 Å². The Kier molecular flexibility index (Phi) is 9.03. The van der Waals surface area contributed by atoms with Gasteiger partial charge >= 0.3 is 50.2 Å². The van der Waals surface area contributed by atoms with E-state index >= 15 is 0 Å². The third kappa shape index (κ3) is 6.36. The van der Waals surface area contributed by atoms with Crippen LogP contribution in [0, 0.1) is 0 Å². The minimum absolute atomic E-state index is 0.0673. The van der Waals surface area contributed by atoms with E-state index in [1.54, 1.807) is 6.07 Å². The summed E-state index contributed by atoms with van der Waals surface area (Å²) in [6.45, 7) is 7.72. The topological polar surface area (TPSA) is 0 Å². The van der Waals surface area contributed by atoms with Gasteiger partial charge in [-0.2, -0.15) is 32.4 Å². The van der Waals surface area contributed by atoms with E-state index in [4.69, 9.17) is 17.0 Å². The molecule has 0 aliphatic heterocycles. The summed E-state index contributed by atoms with van der Waals surface area (Å²) >= 11 is -0.826. The first-order valence-electron chi connectivity index (χ1n) is 9.70. The van der Waals surface area contributed by atoms with Crippen LogP contribution >= 0.6 is 17.0 Å². The van der Waals surface area contributed by atoms with Crippen LogP contribution in [0.25, 0.3) is 21.9 Å². The molecule has 0 radical (unpaired) electrons. The predicted octanol–water partition coefficient (Wildman–Crippen LogP) is 9.89. The molecule has 0 bridgehead atoms. The van der Waals surface area contributed by atoms with Crippen LogP contribution in [0.1, 0.15) is 61.8 Å². The van der Waals surface area contributed by atoms with Crippen molar-refractivity contribution in [3.05, 3.63) is 64.7 Å². The first-order valence-corrected chi connectivity index (χ1v) is 16.0. The predicted molar refractivity (Wildman–Crippen MR) is 115 cm³/mol. The summed E-state index contributed by atoms with van der Waals surface area (Å²) in [4.78, 5) is 0. The maximum absolute atomic E-state index is 13.4. The van der Waals surface area contributed by atoms with Crippen molar-refractivity contribution in [2.24, 2.45) is 0 Å². The molecule has 0 nitrogen and oxygen atoms in total. The molecule has 0 saturated carbocycles. The Balaban J connectivity index is 0.00000114. The molecule has 32 heavy (non-hydrogen) atoms. The van der Waals surface area contributed by atoms with Crippen molar-refractivity contribution in [2.45, 2.75) is 51.9 Å². The van der Waals surface area contributed by atoms with E-state index in [-0.39, 0.29) is 23.5 Å². The van der Waals surface area contributed by atoms with Gasteiger partial charge in [-0.25, -0.2) is 0 Å². The van der Waals surface area contributed by atoms with Crippen molar-refractivity contribution in [3.63, 3.8) is 0 Å². The van der Waals surface area contributed by atoms with E-state index in [9.17, 15) is 26.3 Å². The second-order valence-corrected chi connectivity index (χ2v) is 11.7. The molecule has 0 aliphatic carbocycles. The normalized spacial score (nSPS) is 12.3. The quantitative estimate of drug-likeness (QED) is 0.216. The van der Waals surface area contributed by atoms with Gasteiger partial charge in [0, 0.05) is 0 Å². The van der Waals surface area contributed by atoms with E-state index in [1.807, 2.05) is 45.9 Å². The van der Waals surface area contributed by atoms with Gasteiger partial charge in [-0.3, -0.25) is 0 Å². The van der Waals surface area contributed by atoms with Gasteiger partial charge < -0.3 is 0 Å². The SMILES string of the molecule is CC(C)c1cc2c(-c3cc(C(F)(F)F)cc(C(F)(F)F)c3)c(C(C)C)ccc2[cH-]1.[Cl][Zr][Cl]. The molecule has 0 spiro atoms. The molecule has 0 atom stereocenters. The molecule has 0 N–H and O–H groups in total. The zero-order valence-corrected chi connectivity index (χ0v) is 21.7. The monoisotopic (exact) mass is 571 g/mol. The summed E-state index contributed by atoms with van der Waals surface area (Å²) in [5, 5.41) is 1.48. The molecule has 0 unspecified atom stereocenters. The molecule has 0 amide bonds. The van der Waals surface area contributed by atoms with Gasteiger partial charge in [0.2, 0.25) is 0 Å². The molecule has 0 aliphatic rings. The van der Waals surface area contributed by atoms with Gasteiger partial charge in [0.1, 0.15) is 0 Å². The minimum atomic E-state index is -4.88. The second kappa shape index (κ2) is 10.6. The first kappa shape index (κ1) is 27.3. The summed E-state index contributed by atoms with van der Waals surface area (Å²) in [5.41, 5.74) is -0.534. The van der Waals surface area contributed by atoms with Crippen LogP contribution in [0.3, 0.4) is 0 Å². The Labute approximate surface area is 201 Å². The van der Waals surface area contributed by atoms with Crippen LogP contribution in [-0.2, 0) is 33.2 Å². The number of halogens is 8. The van der Waals surface area contributed by atoms with E-state index in [2.05, 4.69) is 0 Å². The number of benzene rings is 2. The number of alkyl halides is 6. The van der Waals surface area contributed by atoms with Crippen LogP contribution in [0.2, 0.25) is 0 Å². The molecule has 0 fully saturated rings. The Hall–Kier alpha value is -0.907. The maximum atomic E-state index is 13.4. The fraction of sp³-hybridized carbons (Fsp3) is 0.348. The van der Waals surface area contributed by atoms with E-state index in [0.29, 0.717) is 16.5 Å². The Morgan fingerprint density at radius 1 is 0.781 bits per heavy atom.